The van der Waals surface area contributed by atoms with Crippen LogP contribution in [0, 0.1) is 0 Å². The Balaban J connectivity index is 0.000000148. The van der Waals surface area contributed by atoms with Crippen molar-refractivity contribution < 1.29 is 14.3 Å². The van der Waals surface area contributed by atoms with E-state index in [4.69, 9.17) is 14.3 Å². The molecule has 1 aliphatic rings. The number of ether oxygens (including phenoxy) is 2. The van der Waals surface area contributed by atoms with E-state index in [9.17, 15) is 0 Å². The highest BCUT2D eigenvalue weighted by Gasteiger charge is 1.93. The van der Waals surface area contributed by atoms with E-state index in [1.165, 1.54) is 0 Å². The van der Waals surface area contributed by atoms with Crippen LogP contribution in [0.5, 0.6) is 0 Å². The summed E-state index contributed by atoms with van der Waals surface area (Å²) in [6, 6.07) is 0. The molecule has 9 heavy (non-hydrogen) atoms. The standard InChI is InChI=1S/C3H6O2.C2H5NO/c1-2-5-3-4-1;1-3-2-4/h1-3H2;2H,1H3,(H,3,4). The maximum Gasteiger partial charge on any atom is 0.206 e. The summed E-state index contributed by atoms with van der Waals surface area (Å²) in [6.07, 6.45) is 0.625. The van der Waals surface area contributed by atoms with Gasteiger partial charge in [-0.1, -0.05) is 0 Å². The Morgan fingerprint density at radius 1 is 1.44 bits per heavy atom. The Morgan fingerprint density at radius 3 is 2.00 bits per heavy atom. The lowest BCUT2D eigenvalue weighted by molar-refractivity contribution is -0.109. The molecule has 0 aliphatic carbocycles. The first-order valence-electron chi connectivity index (χ1n) is 2.68. The molecule has 4 nitrogen and oxygen atoms in total. The molecule has 0 aromatic rings. The third kappa shape index (κ3) is 7.39. The fraction of sp³-hybridized carbons (Fsp3) is 0.800. The Morgan fingerprint density at radius 2 is 1.89 bits per heavy atom. The smallest absolute Gasteiger partial charge is 0.206 e. The molecule has 0 atom stereocenters. The molecule has 1 heterocycles. The average Bonchev–Trinajstić information content (AvgIpc) is 2.43. The molecule has 0 aromatic heterocycles. The zero-order valence-corrected chi connectivity index (χ0v) is 5.42. The summed E-state index contributed by atoms with van der Waals surface area (Å²) < 4.78 is 9.44. The second-order valence-corrected chi connectivity index (χ2v) is 1.34. The molecule has 0 spiro atoms. The molecule has 1 rings (SSSR count). The molecule has 0 saturated carbocycles. The molecular weight excluding hydrogens is 122 g/mol. The van der Waals surface area contributed by atoms with Crippen molar-refractivity contribution in [3.63, 3.8) is 0 Å². The first-order chi connectivity index (χ1) is 4.41. The quantitative estimate of drug-likeness (QED) is 0.484. The SMILES string of the molecule is C1COCO1.CNC=O. The topological polar surface area (TPSA) is 47.6 Å². The maximum absolute atomic E-state index is 9.06. The number of carbonyl (C=O) groups excluding carboxylic acids is 1. The Bertz CT molecular complexity index is 55.6. The minimum atomic E-state index is 0.500. The van der Waals surface area contributed by atoms with Crippen LogP contribution in [0.4, 0.5) is 0 Å². The molecule has 4 heteroatoms. The lowest BCUT2D eigenvalue weighted by Gasteiger charge is -1.76. The molecule has 1 amide bonds. The largest absolute Gasteiger partial charge is 0.362 e. The van der Waals surface area contributed by atoms with Gasteiger partial charge in [0.2, 0.25) is 6.41 Å². The van der Waals surface area contributed by atoms with Crippen molar-refractivity contribution in [2.75, 3.05) is 27.1 Å². The lowest BCUT2D eigenvalue weighted by atomic mass is 10.8. The molecule has 1 N–H and O–H groups in total. The van der Waals surface area contributed by atoms with E-state index in [0.29, 0.717) is 13.2 Å². The predicted molar refractivity (Wildman–Crippen MR) is 31.9 cm³/mol. The summed E-state index contributed by atoms with van der Waals surface area (Å²) in [4.78, 5) is 9.06. The van der Waals surface area contributed by atoms with Crippen molar-refractivity contribution in [1.29, 1.82) is 0 Å². The van der Waals surface area contributed by atoms with Crippen molar-refractivity contribution in [1.82, 2.24) is 5.32 Å². The molecule has 0 unspecified atom stereocenters. The van der Waals surface area contributed by atoms with Gasteiger partial charge < -0.3 is 14.8 Å². The Labute approximate surface area is 54.1 Å². The molecular formula is C5H11NO3. The number of hydrogen-bond donors (Lipinski definition) is 1. The van der Waals surface area contributed by atoms with Crippen LogP contribution in [0.3, 0.4) is 0 Å². The fourth-order valence-corrected chi connectivity index (χ4v) is 0.295. The van der Waals surface area contributed by atoms with Crippen LogP contribution < -0.4 is 5.32 Å². The van der Waals surface area contributed by atoms with E-state index < -0.39 is 0 Å². The second kappa shape index (κ2) is 7.39. The Hall–Kier alpha value is -0.610. The molecule has 1 saturated heterocycles. The Kier molecular flexibility index (Phi) is 6.89. The number of carbonyl (C=O) groups is 1. The van der Waals surface area contributed by atoms with Gasteiger partial charge in [0.05, 0.1) is 13.2 Å². The van der Waals surface area contributed by atoms with Crippen LogP contribution in [0.25, 0.3) is 0 Å². The van der Waals surface area contributed by atoms with Gasteiger partial charge in [0.1, 0.15) is 6.79 Å². The van der Waals surface area contributed by atoms with Gasteiger partial charge >= 0.3 is 0 Å². The van der Waals surface area contributed by atoms with E-state index in [2.05, 4.69) is 5.32 Å². The lowest BCUT2D eigenvalue weighted by Crippen LogP contribution is -1.98. The normalized spacial score (nSPS) is 15.7. The summed E-state index contributed by atoms with van der Waals surface area (Å²) in [5.41, 5.74) is 0. The van der Waals surface area contributed by atoms with Crippen LogP contribution in [0.15, 0.2) is 0 Å². The van der Waals surface area contributed by atoms with E-state index >= 15 is 0 Å². The zero-order valence-electron chi connectivity index (χ0n) is 5.42. The van der Waals surface area contributed by atoms with Gasteiger partial charge in [0.15, 0.2) is 0 Å². The van der Waals surface area contributed by atoms with Gasteiger partial charge in [-0.15, -0.1) is 0 Å². The fourth-order valence-electron chi connectivity index (χ4n) is 0.295. The first-order valence-corrected chi connectivity index (χ1v) is 2.68. The average molecular weight is 133 g/mol. The third-order valence-corrected chi connectivity index (χ3v) is 0.657. The van der Waals surface area contributed by atoms with Crippen LogP contribution >= 0.6 is 0 Å². The van der Waals surface area contributed by atoms with Gasteiger partial charge in [-0.2, -0.15) is 0 Å². The van der Waals surface area contributed by atoms with Crippen LogP contribution in [0.2, 0.25) is 0 Å². The molecule has 0 aromatic carbocycles. The minimum absolute atomic E-state index is 0.500. The highest BCUT2D eigenvalue weighted by atomic mass is 16.7. The van der Waals surface area contributed by atoms with E-state index in [0.717, 1.165) is 13.2 Å². The summed E-state index contributed by atoms with van der Waals surface area (Å²) in [7, 11) is 1.56. The highest BCUT2D eigenvalue weighted by molar-refractivity contribution is 5.44. The third-order valence-electron chi connectivity index (χ3n) is 0.657. The van der Waals surface area contributed by atoms with Gasteiger partial charge in [-0.3, -0.25) is 4.79 Å². The second-order valence-electron chi connectivity index (χ2n) is 1.34. The van der Waals surface area contributed by atoms with Crippen LogP contribution in [-0.2, 0) is 14.3 Å². The monoisotopic (exact) mass is 133 g/mol. The van der Waals surface area contributed by atoms with Crippen molar-refractivity contribution in [2.24, 2.45) is 0 Å². The molecule has 54 valence electrons. The van der Waals surface area contributed by atoms with Crippen molar-refractivity contribution in [3.05, 3.63) is 0 Å². The summed E-state index contributed by atoms with van der Waals surface area (Å²) in [5.74, 6) is 0. The minimum Gasteiger partial charge on any atom is -0.362 e. The molecule has 0 bridgehead atoms. The van der Waals surface area contributed by atoms with Crippen molar-refractivity contribution in [3.8, 4) is 0 Å². The summed E-state index contributed by atoms with van der Waals surface area (Å²) >= 11 is 0. The van der Waals surface area contributed by atoms with Gasteiger partial charge in [0, 0.05) is 7.05 Å². The number of nitrogens with one attached hydrogen (secondary N) is 1. The van der Waals surface area contributed by atoms with Gasteiger partial charge in [-0.05, 0) is 0 Å². The molecule has 1 fully saturated rings. The highest BCUT2D eigenvalue weighted by Crippen LogP contribution is 1.85. The van der Waals surface area contributed by atoms with Gasteiger partial charge in [-0.25, -0.2) is 0 Å². The summed E-state index contributed by atoms with van der Waals surface area (Å²) in [6.45, 7) is 2.06. The first kappa shape index (κ1) is 8.39. The van der Waals surface area contributed by atoms with Crippen LogP contribution in [-0.4, -0.2) is 33.5 Å². The van der Waals surface area contributed by atoms with Crippen molar-refractivity contribution in [2.45, 2.75) is 0 Å². The number of amides is 1. The van der Waals surface area contributed by atoms with E-state index in [1.54, 1.807) is 7.05 Å². The molecule has 1 aliphatic heterocycles. The predicted octanol–water partition coefficient (Wildman–Crippen LogP) is -0.647. The number of rotatable bonds is 1. The van der Waals surface area contributed by atoms with Crippen LogP contribution in [0.1, 0.15) is 0 Å². The molecule has 0 radical (unpaired) electrons. The number of hydrogen-bond acceptors (Lipinski definition) is 3. The van der Waals surface area contributed by atoms with Gasteiger partial charge in [0.25, 0.3) is 0 Å². The maximum atomic E-state index is 9.06. The van der Waals surface area contributed by atoms with Crippen molar-refractivity contribution >= 4 is 6.41 Å². The van der Waals surface area contributed by atoms with E-state index in [1.807, 2.05) is 0 Å². The zero-order chi connectivity index (χ0) is 6.95. The summed E-state index contributed by atoms with van der Waals surface area (Å²) in [5, 5.41) is 2.25. The van der Waals surface area contributed by atoms with E-state index in [-0.39, 0.29) is 0 Å².